The van der Waals surface area contributed by atoms with Gasteiger partial charge >= 0.3 is 5.97 Å². The van der Waals surface area contributed by atoms with Gasteiger partial charge in [-0.3, -0.25) is 4.68 Å². The normalized spacial score (nSPS) is 10.7. The zero-order chi connectivity index (χ0) is 19.4. The van der Waals surface area contributed by atoms with Crippen molar-refractivity contribution in [1.82, 2.24) is 14.8 Å². The Morgan fingerprint density at radius 2 is 2.19 bits per heavy atom. The standard InChI is InChI=1S/C19H18ClFN4O2/c1-25-11-13(10-23-25)17-16(20)9-15(19(26)27-2)18(24-17)22-7-6-12-4-3-5-14(21)8-12/h3-5,8-11H,6-7H2,1-2H3,(H,22,24). The Morgan fingerprint density at radius 1 is 1.37 bits per heavy atom. The molecule has 1 aromatic carbocycles. The molecule has 3 aromatic rings. The third-order valence-corrected chi connectivity index (χ3v) is 4.24. The van der Waals surface area contributed by atoms with Gasteiger partial charge in [0.25, 0.3) is 0 Å². The number of rotatable bonds is 6. The zero-order valence-corrected chi connectivity index (χ0v) is 15.6. The number of carbonyl (C=O) groups is 1. The molecule has 0 aliphatic rings. The van der Waals surface area contributed by atoms with Crippen LogP contribution >= 0.6 is 11.6 Å². The number of anilines is 1. The van der Waals surface area contributed by atoms with Crippen molar-refractivity contribution in [3.8, 4) is 11.3 Å². The van der Waals surface area contributed by atoms with Crippen LogP contribution in [-0.2, 0) is 18.2 Å². The van der Waals surface area contributed by atoms with Crippen molar-refractivity contribution in [3.05, 3.63) is 64.7 Å². The summed E-state index contributed by atoms with van der Waals surface area (Å²) in [6.07, 6.45) is 3.98. The number of nitrogens with one attached hydrogen (secondary N) is 1. The second-order valence-corrected chi connectivity index (χ2v) is 6.32. The van der Waals surface area contributed by atoms with E-state index in [1.54, 1.807) is 30.2 Å². The van der Waals surface area contributed by atoms with Crippen molar-refractivity contribution in [2.75, 3.05) is 19.0 Å². The first kappa shape index (κ1) is 18.8. The second kappa shape index (κ2) is 8.18. The highest BCUT2D eigenvalue weighted by Gasteiger charge is 2.18. The number of halogens is 2. The van der Waals surface area contributed by atoms with Crippen LogP contribution in [0.3, 0.4) is 0 Å². The lowest BCUT2D eigenvalue weighted by atomic mass is 10.1. The quantitative estimate of drug-likeness (QED) is 0.652. The molecule has 0 aliphatic carbocycles. The second-order valence-electron chi connectivity index (χ2n) is 5.92. The molecule has 0 unspecified atom stereocenters. The van der Waals surface area contributed by atoms with E-state index in [9.17, 15) is 9.18 Å². The molecule has 0 saturated heterocycles. The third kappa shape index (κ3) is 4.43. The molecule has 3 rings (SSSR count). The number of hydrogen-bond donors (Lipinski definition) is 1. The highest BCUT2D eigenvalue weighted by atomic mass is 35.5. The van der Waals surface area contributed by atoms with Gasteiger partial charge in [-0.15, -0.1) is 0 Å². The van der Waals surface area contributed by atoms with Crippen LogP contribution in [0.1, 0.15) is 15.9 Å². The number of carbonyl (C=O) groups excluding carboxylic acids is 1. The van der Waals surface area contributed by atoms with E-state index in [4.69, 9.17) is 16.3 Å². The van der Waals surface area contributed by atoms with Crippen LogP contribution < -0.4 is 5.32 Å². The van der Waals surface area contributed by atoms with Crippen LogP contribution in [0.25, 0.3) is 11.3 Å². The van der Waals surface area contributed by atoms with E-state index in [0.717, 1.165) is 11.1 Å². The fraction of sp³-hybridized carbons (Fsp3) is 0.211. The van der Waals surface area contributed by atoms with Gasteiger partial charge in [-0.2, -0.15) is 5.10 Å². The molecule has 0 atom stereocenters. The molecule has 140 valence electrons. The first-order chi connectivity index (χ1) is 13.0. The lowest BCUT2D eigenvalue weighted by Gasteiger charge is -2.13. The third-order valence-electron chi connectivity index (χ3n) is 3.95. The number of hydrogen-bond acceptors (Lipinski definition) is 5. The SMILES string of the molecule is COC(=O)c1cc(Cl)c(-c2cnn(C)c2)nc1NCCc1cccc(F)c1. The van der Waals surface area contributed by atoms with E-state index in [1.807, 2.05) is 6.07 Å². The first-order valence-corrected chi connectivity index (χ1v) is 8.62. The first-order valence-electron chi connectivity index (χ1n) is 8.24. The van der Waals surface area contributed by atoms with E-state index < -0.39 is 5.97 Å². The highest BCUT2D eigenvalue weighted by Crippen LogP contribution is 2.30. The molecule has 0 bridgehead atoms. The van der Waals surface area contributed by atoms with Gasteiger partial charge in [0.15, 0.2) is 0 Å². The summed E-state index contributed by atoms with van der Waals surface area (Å²) < 4.78 is 19.8. The topological polar surface area (TPSA) is 69.0 Å². The number of benzene rings is 1. The molecule has 1 N–H and O–H groups in total. The predicted octanol–water partition coefficient (Wildman–Crippen LogP) is 3.72. The van der Waals surface area contributed by atoms with Gasteiger partial charge < -0.3 is 10.1 Å². The van der Waals surface area contributed by atoms with E-state index in [0.29, 0.717) is 29.5 Å². The summed E-state index contributed by atoms with van der Waals surface area (Å²) >= 11 is 6.32. The van der Waals surface area contributed by atoms with Crippen molar-refractivity contribution < 1.29 is 13.9 Å². The lowest BCUT2D eigenvalue weighted by molar-refractivity contribution is 0.0601. The molecule has 2 heterocycles. The number of ether oxygens (including phenoxy) is 1. The number of methoxy groups -OCH3 is 1. The molecular weight excluding hydrogens is 371 g/mol. The average molecular weight is 389 g/mol. The van der Waals surface area contributed by atoms with Crippen LogP contribution in [0, 0.1) is 5.82 Å². The van der Waals surface area contributed by atoms with E-state index in [2.05, 4.69) is 15.4 Å². The lowest BCUT2D eigenvalue weighted by Crippen LogP contribution is -2.13. The molecule has 6 nitrogen and oxygen atoms in total. The Kier molecular flexibility index (Phi) is 5.71. The summed E-state index contributed by atoms with van der Waals surface area (Å²) in [5, 5.41) is 7.56. The Balaban J connectivity index is 1.87. The number of pyridine rings is 1. The number of aryl methyl sites for hydroxylation is 1. The maximum absolute atomic E-state index is 13.3. The van der Waals surface area contributed by atoms with Crippen molar-refractivity contribution in [3.63, 3.8) is 0 Å². The molecule has 27 heavy (non-hydrogen) atoms. The van der Waals surface area contributed by atoms with Crippen LogP contribution in [0.2, 0.25) is 5.02 Å². The molecular formula is C19H18ClFN4O2. The number of esters is 1. The number of aromatic nitrogens is 3. The number of nitrogens with zero attached hydrogens (tertiary/aromatic N) is 3. The molecule has 0 aliphatic heterocycles. The van der Waals surface area contributed by atoms with Gasteiger partial charge in [0, 0.05) is 25.4 Å². The predicted molar refractivity (Wildman–Crippen MR) is 101 cm³/mol. The molecule has 2 aromatic heterocycles. The van der Waals surface area contributed by atoms with E-state index >= 15 is 0 Å². The molecule has 0 saturated carbocycles. The maximum atomic E-state index is 13.3. The summed E-state index contributed by atoms with van der Waals surface area (Å²) in [4.78, 5) is 16.6. The van der Waals surface area contributed by atoms with Crippen molar-refractivity contribution in [2.45, 2.75) is 6.42 Å². The van der Waals surface area contributed by atoms with Crippen molar-refractivity contribution in [1.29, 1.82) is 0 Å². The highest BCUT2D eigenvalue weighted by molar-refractivity contribution is 6.33. The van der Waals surface area contributed by atoms with Crippen LogP contribution in [-0.4, -0.2) is 34.4 Å². The Labute approximate surface area is 160 Å². The minimum Gasteiger partial charge on any atom is -0.465 e. The van der Waals surface area contributed by atoms with E-state index in [1.165, 1.54) is 25.3 Å². The summed E-state index contributed by atoms with van der Waals surface area (Å²) in [5.74, 6) is -0.483. The summed E-state index contributed by atoms with van der Waals surface area (Å²) in [5.41, 5.74) is 2.30. The summed E-state index contributed by atoms with van der Waals surface area (Å²) in [6, 6.07) is 7.88. The largest absolute Gasteiger partial charge is 0.465 e. The van der Waals surface area contributed by atoms with Gasteiger partial charge in [0.1, 0.15) is 17.2 Å². The molecule has 0 spiro atoms. The average Bonchev–Trinajstić information content (AvgIpc) is 3.08. The zero-order valence-electron chi connectivity index (χ0n) is 14.9. The Hall–Kier alpha value is -2.93. The fourth-order valence-corrected chi connectivity index (χ4v) is 2.91. The fourth-order valence-electron chi connectivity index (χ4n) is 2.65. The molecule has 0 radical (unpaired) electrons. The van der Waals surface area contributed by atoms with Gasteiger partial charge in [-0.1, -0.05) is 23.7 Å². The van der Waals surface area contributed by atoms with Crippen molar-refractivity contribution in [2.24, 2.45) is 7.05 Å². The van der Waals surface area contributed by atoms with Crippen LogP contribution in [0.15, 0.2) is 42.7 Å². The van der Waals surface area contributed by atoms with Gasteiger partial charge in [0.05, 0.1) is 24.0 Å². The smallest absolute Gasteiger partial charge is 0.341 e. The minimum absolute atomic E-state index is 0.231. The Morgan fingerprint density at radius 3 is 2.85 bits per heavy atom. The van der Waals surface area contributed by atoms with Crippen molar-refractivity contribution >= 4 is 23.4 Å². The molecule has 0 fully saturated rings. The van der Waals surface area contributed by atoms with Gasteiger partial charge in [0.2, 0.25) is 0 Å². The van der Waals surface area contributed by atoms with Gasteiger partial charge in [-0.25, -0.2) is 14.2 Å². The summed E-state index contributed by atoms with van der Waals surface area (Å²) in [7, 11) is 3.08. The van der Waals surface area contributed by atoms with Crippen LogP contribution in [0.4, 0.5) is 10.2 Å². The van der Waals surface area contributed by atoms with Gasteiger partial charge in [-0.05, 0) is 30.2 Å². The molecule has 8 heteroatoms. The molecule has 0 amide bonds. The monoisotopic (exact) mass is 388 g/mol. The maximum Gasteiger partial charge on any atom is 0.341 e. The minimum atomic E-state index is -0.546. The summed E-state index contributed by atoms with van der Waals surface area (Å²) in [6.45, 7) is 0.453. The van der Waals surface area contributed by atoms with E-state index in [-0.39, 0.29) is 11.4 Å². The van der Waals surface area contributed by atoms with Crippen LogP contribution in [0.5, 0.6) is 0 Å². The Bertz CT molecular complexity index is 974.